The molecule has 0 radical (unpaired) electrons. The summed E-state index contributed by atoms with van der Waals surface area (Å²) in [5.74, 6) is 2.19. The molecule has 2 aromatic carbocycles. The molecule has 7 heteroatoms. The summed E-state index contributed by atoms with van der Waals surface area (Å²) in [5.41, 5.74) is 3.96. The van der Waals surface area contributed by atoms with Crippen LogP contribution in [0, 0.1) is 6.92 Å². The van der Waals surface area contributed by atoms with Crippen molar-refractivity contribution in [3.8, 4) is 17.2 Å². The van der Waals surface area contributed by atoms with Crippen molar-refractivity contribution < 1.29 is 13.9 Å². The van der Waals surface area contributed by atoms with Crippen LogP contribution in [0.2, 0.25) is 0 Å². The van der Waals surface area contributed by atoms with Crippen LogP contribution in [0.15, 0.2) is 64.2 Å². The number of aliphatic imine (C=N–C) groups is 1. The van der Waals surface area contributed by atoms with Gasteiger partial charge in [-0.2, -0.15) is 0 Å². The standard InChI is InChI=1S/C25H32N4O3/c1-4-26-25(28-17-22-18-32-24(29-22)20-9-6-5-7-10-20)27-16-21-12-11-19(2)15-23(21)31-14-8-13-30-3/h5-7,9-12,15,18H,4,8,13-14,16-17H2,1-3H3,(H2,26,27,28). The zero-order valence-electron chi connectivity index (χ0n) is 19.1. The number of nitrogens with one attached hydrogen (secondary N) is 2. The largest absolute Gasteiger partial charge is 0.493 e. The molecule has 0 aliphatic carbocycles. The van der Waals surface area contributed by atoms with Crippen molar-refractivity contribution in [2.24, 2.45) is 4.99 Å². The Morgan fingerprint density at radius 3 is 2.72 bits per heavy atom. The Bertz CT molecular complexity index is 986. The molecule has 1 aromatic heterocycles. The number of methoxy groups -OCH3 is 1. The Balaban J connectivity index is 1.62. The predicted molar refractivity (Wildman–Crippen MR) is 127 cm³/mol. The van der Waals surface area contributed by atoms with Gasteiger partial charge in [0.15, 0.2) is 5.96 Å². The summed E-state index contributed by atoms with van der Waals surface area (Å²) < 4.78 is 16.7. The smallest absolute Gasteiger partial charge is 0.226 e. The molecule has 2 N–H and O–H groups in total. The van der Waals surface area contributed by atoms with Crippen LogP contribution in [0.4, 0.5) is 0 Å². The highest BCUT2D eigenvalue weighted by Gasteiger charge is 2.08. The maximum atomic E-state index is 5.97. The number of hydrogen-bond donors (Lipinski definition) is 2. The fraction of sp³-hybridized carbons (Fsp3) is 0.360. The zero-order chi connectivity index (χ0) is 22.6. The van der Waals surface area contributed by atoms with E-state index >= 15 is 0 Å². The molecule has 0 bridgehead atoms. The van der Waals surface area contributed by atoms with Crippen molar-refractivity contribution >= 4 is 5.96 Å². The van der Waals surface area contributed by atoms with Crippen molar-refractivity contribution in [1.29, 1.82) is 0 Å². The number of benzene rings is 2. The SMILES string of the molecule is CCNC(=NCc1ccc(C)cc1OCCCOC)NCc1coc(-c2ccccc2)n1. The normalized spacial score (nSPS) is 11.4. The lowest BCUT2D eigenvalue weighted by Gasteiger charge is -2.13. The minimum atomic E-state index is 0.503. The lowest BCUT2D eigenvalue weighted by molar-refractivity contribution is 0.172. The van der Waals surface area contributed by atoms with Gasteiger partial charge in [0.25, 0.3) is 0 Å². The second kappa shape index (κ2) is 12.5. The van der Waals surface area contributed by atoms with Gasteiger partial charge < -0.3 is 24.5 Å². The van der Waals surface area contributed by atoms with Crippen LogP contribution in [0.25, 0.3) is 11.5 Å². The average molecular weight is 437 g/mol. The summed E-state index contributed by atoms with van der Waals surface area (Å²) >= 11 is 0. The molecule has 0 unspecified atom stereocenters. The second-order valence-corrected chi connectivity index (χ2v) is 7.36. The fourth-order valence-corrected chi connectivity index (χ4v) is 3.09. The third-order valence-corrected chi connectivity index (χ3v) is 4.73. The lowest BCUT2D eigenvalue weighted by Crippen LogP contribution is -2.36. The quantitative estimate of drug-likeness (QED) is 0.265. The molecule has 7 nitrogen and oxygen atoms in total. The van der Waals surface area contributed by atoms with Gasteiger partial charge in [-0.05, 0) is 37.6 Å². The zero-order valence-corrected chi connectivity index (χ0v) is 19.1. The Kier molecular flexibility index (Phi) is 9.13. The average Bonchev–Trinajstić information content (AvgIpc) is 3.29. The summed E-state index contributed by atoms with van der Waals surface area (Å²) in [6.45, 7) is 7.16. The molecule has 170 valence electrons. The van der Waals surface area contributed by atoms with Gasteiger partial charge in [0.2, 0.25) is 5.89 Å². The van der Waals surface area contributed by atoms with Crippen LogP contribution < -0.4 is 15.4 Å². The molecule has 32 heavy (non-hydrogen) atoms. The van der Waals surface area contributed by atoms with E-state index in [1.807, 2.05) is 37.3 Å². The molecule has 0 saturated carbocycles. The number of aryl methyl sites for hydroxylation is 1. The van der Waals surface area contributed by atoms with Gasteiger partial charge in [-0.25, -0.2) is 9.98 Å². The molecule has 0 fully saturated rings. The second-order valence-electron chi connectivity index (χ2n) is 7.36. The van der Waals surface area contributed by atoms with E-state index in [9.17, 15) is 0 Å². The van der Waals surface area contributed by atoms with E-state index in [4.69, 9.17) is 18.9 Å². The van der Waals surface area contributed by atoms with E-state index in [2.05, 4.69) is 40.7 Å². The van der Waals surface area contributed by atoms with Crippen LogP contribution in [-0.2, 0) is 17.8 Å². The molecule has 0 amide bonds. The summed E-state index contributed by atoms with van der Waals surface area (Å²) in [6, 6.07) is 16.1. The summed E-state index contributed by atoms with van der Waals surface area (Å²) in [7, 11) is 1.70. The van der Waals surface area contributed by atoms with E-state index in [0.717, 1.165) is 41.1 Å². The number of nitrogens with zero attached hydrogens (tertiary/aromatic N) is 2. The molecule has 0 atom stereocenters. The van der Waals surface area contributed by atoms with Gasteiger partial charge in [0, 0.05) is 37.8 Å². The van der Waals surface area contributed by atoms with Gasteiger partial charge in [-0.1, -0.05) is 30.3 Å². The van der Waals surface area contributed by atoms with Crippen molar-refractivity contribution in [3.63, 3.8) is 0 Å². The summed E-state index contributed by atoms with van der Waals surface area (Å²) in [6.07, 6.45) is 2.52. The first-order chi connectivity index (χ1) is 15.7. The van der Waals surface area contributed by atoms with Crippen molar-refractivity contribution in [2.45, 2.75) is 33.4 Å². The van der Waals surface area contributed by atoms with Crippen molar-refractivity contribution in [2.75, 3.05) is 26.9 Å². The molecular weight excluding hydrogens is 404 g/mol. The van der Waals surface area contributed by atoms with Crippen molar-refractivity contribution in [3.05, 3.63) is 71.6 Å². The molecule has 0 saturated heterocycles. The Labute approximate surface area is 189 Å². The van der Waals surface area contributed by atoms with E-state index in [1.165, 1.54) is 0 Å². The van der Waals surface area contributed by atoms with E-state index in [0.29, 0.717) is 38.2 Å². The molecule has 0 aliphatic rings. The highest BCUT2D eigenvalue weighted by Crippen LogP contribution is 2.22. The minimum Gasteiger partial charge on any atom is -0.493 e. The first-order valence-electron chi connectivity index (χ1n) is 10.9. The van der Waals surface area contributed by atoms with Gasteiger partial charge in [-0.3, -0.25) is 0 Å². The fourth-order valence-electron chi connectivity index (χ4n) is 3.09. The van der Waals surface area contributed by atoms with Crippen LogP contribution in [0.5, 0.6) is 5.75 Å². The van der Waals surface area contributed by atoms with Gasteiger partial charge in [0.1, 0.15) is 12.0 Å². The number of hydrogen-bond acceptors (Lipinski definition) is 5. The lowest BCUT2D eigenvalue weighted by atomic mass is 10.1. The number of rotatable bonds is 11. The van der Waals surface area contributed by atoms with E-state index in [-0.39, 0.29) is 0 Å². The maximum Gasteiger partial charge on any atom is 0.226 e. The number of oxazole rings is 1. The minimum absolute atomic E-state index is 0.503. The number of aromatic nitrogens is 1. The van der Waals surface area contributed by atoms with Crippen LogP contribution in [0.1, 0.15) is 30.2 Å². The highest BCUT2D eigenvalue weighted by molar-refractivity contribution is 5.79. The van der Waals surface area contributed by atoms with Crippen LogP contribution >= 0.6 is 0 Å². The Hall–Kier alpha value is -3.32. The van der Waals surface area contributed by atoms with Crippen molar-refractivity contribution in [1.82, 2.24) is 15.6 Å². The molecule has 0 aliphatic heterocycles. The van der Waals surface area contributed by atoms with Gasteiger partial charge in [-0.15, -0.1) is 0 Å². The first kappa shape index (κ1) is 23.3. The molecule has 0 spiro atoms. The maximum absolute atomic E-state index is 5.97. The summed E-state index contributed by atoms with van der Waals surface area (Å²) in [4.78, 5) is 9.29. The van der Waals surface area contributed by atoms with Gasteiger partial charge >= 0.3 is 0 Å². The van der Waals surface area contributed by atoms with Crippen LogP contribution in [0.3, 0.4) is 0 Å². The number of guanidine groups is 1. The molecule has 3 rings (SSSR count). The molecule has 1 heterocycles. The topological polar surface area (TPSA) is 80.9 Å². The first-order valence-corrected chi connectivity index (χ1v) is 10.9. The van der Waals surface area contributed by atoms with E-state index in [1.54, 1.807) is 13.4 Å². The Morgan fingerprint density at radius 1 is 1.09 bits per heavy atom. The number of ether oxygens (including phenoxy) is 2. The highest BCUT2D eigenvalue weighted by atomic mass is 16.5. The summed E-state index contributed by atoms with van der Waals surface area (Å²) in [5, 5.41) is 6.60. The van der Waals surface area contributed by atoms with Crippen LogP contribution in [-0.4, -0.2) is 37.8 Å². The van der Waals surface area contributed by atoms with E-state index < -0.39 is 0 Å². The monoisotopic (exact) mass is 436 g/mol. The third-order valence-electron chi connectivity index (χ3n) is 4.73. The third kappa shape index (κ3) is 7.13. The molecular formula is C25H32N4O3. The molecule has 3 aromatic rings. The predicted octanol–water partition coefficient (Wildman–Crippen LogP) is 4.32. The van der Waals surface area contributed by atoms with Gasteiger partial charge in [0.05, 0.1) is 25.4 Å². The Morgan fingerprint density at radius 2 is 1.94 bits per heavy atom.